The lowest BCUT2D eigenvalue weighted by molar-refractivity contribution is -0.384. The van der Waals surface area contributed by atoms with E-state index < -0.39 is 0 Å². The quantitative estimate of drug-likeness (QED) is 0.665. The minimum absolute atomic E-state index is 0.0691. The van der Waals surface area contributed by atoms with E-state index in [1.807, 2.05) is 19.1 Å². The molecule has 0 radical (unpaired) electrons. The maximum absolute atomic E-state index is 11.0. The van der Waals surface area contributed by atoms with Crippen molar-refractivity contribution in [1.29, 1.82) is 0 Å². The Balaban J connectivity index is 2.66. The van der Waals surface area contributed by atoms with Gasteiger partial charge in [0, 0.05) is 6.07 Å². The molecule has 0 saturated heterocycles. The van der Waals surface area contributed by atoms with Gasteiger partial charge in [-0.1, -0.05) is 30.3 Å². The van der Waals surface area contributed by atoms with Crippen molar-refractivity contribution in [2.75, 3.05) is 0 Å². The first kappa shape index (κ1) is 12.3. The number of nitrogens with zero attached hydrogens (tertiary/aromatic N) is 1. The van der Waals surface area contributed by atoms with Crippen molar-refractivity contribution in [3.05, 3.63) is 63.7 Å². The molecule has 0 bridgehead atoms. The molecular formula is C14H13NO3. The second kappa shape index (κ2) is 4.98. The molecule has 2 aromatic rings. The van der Waals surface area contributed by atoms with Crippen LogP contribution in [0.3, 0.4) is 0 Å². The van der Waals surface area contributed by atoms with Gasteiger partial charge in [0.25, 0.3) is 5.69 Å². The Bertz CT molecular complexity index is 593. The fourth-order valence-corrected chi connectivity index (χ4v) is 2.01. The van der Waals surface area contributed by atoms with Gasteiger partial charge in [0.15, 0.2) is 0 Å². The topological polar surface area (TPSA) is 63.4 Å². The molecule has 1 N–H and O–H groups in total. The highest BCUT2D eigenvalue weighted by atomic mass is 16.6. The van der Waals surface area contributed by atoms with Gasteiger partial charge in [-0.3, -0.25) is 10.1 Å². The number of hydrogen-bond donors (Lipinski definition) is 1. The smallest absolute Gasteiger partial charge is 0.277 e. The minimum Gasteiger partial charge on any atom is -0.392 e. The average Bonchev–Trinajstić information content (AvgIpc) is 2.39. The van der Waals surface area contributed by atoms with Crippen LogP contribution < -0.4 is 0 Å². The van der Waals surface area contributed by atoms with Crippen LogP contribution in [-0.4, -0.2) is 10.0 Å². The van der Waals surface area contributed by atoms with Crippen molar-refractivity contribution in [2.45, 2.75) is 13.5 Å². The van der Waals surface area contributed by atoms with Crippen LogP contribution >= 0.6 is 0 Å². The van der Waals surface area contributed by atoms with Crippen molar-refractivity contribution in [1.82, 2.24) is 0 Å². The first-order chi connectivity index (χ1) is 8.65. The van der Waals surface area contributed by atoms with Crippen LogP contribution in [0.4, 0.5) is 5.69 Å². The molecule has 0 unspecified atom stereocenters. The Morgan fingerprint density at radius 1 is 1.11 bits per heavy atom. The number of hydrogen-bond acceptors (Lipinski definition) is 3. The summed E-state index contributed by atoms with van der Waals surface area (Å²) < 4.78 is 0. The van der Waals surface area contributed by atoms with Crippen molar-refractivity contribution in [3.8, 4) is 11.1 Å². The number of nitro groups is 1. The summed E-state index contributed by atoms with van der Waals surface area (Å²) >= 11 is 0. The predicted molar refractivity (Wildman–Crippen MR) is 69.2 cm³/mol. The van der Waals surface area contributed by atoms with Gasteiger partial charge in [0.05, 0.1) is 17.1 Å². The Labute approximate surface area is 105 Å². The zero-order valence-electron chi connectivity index (χ0n) is 9.96. The largest absolute Gasteiger partial charge is 0.392 e. The molecule has 0 atom stereocenters. The lowest BCUT2D eigenvalue weighted by Crippen LogP contribution is -1.95. The Hall–Kier alpha value is -2.20. The molecule has 0 amide bonds. The van der Waals surface area contributed by atoms with Crippen LogP contribution in [-0.2, 0) is 6.61 Å². The molecule has 0 fully saturated rings. The van der Waals surface area contributed by atoms with E-state index in [1.54, 1.807) is 24.3 Å². The Morgan fingerprint density at radius 3 is 2.44 bits per heavy atom. The molecule has 18 heavy (non-hydrogen) atoms. The van der Waals surface area contributed by atoms with Gasteiger partial charge in [-0.2, -0.15) is 0 Å². The molecule has 4 nitrogen and oxygen atoms in total. The van der Waals surface area contributed by atoms with E-state index in [-0.39, 0.29) is 17.2 Å². The van der Waals surface area contributed by atoms with Gasteiger partial charge >= 0.3 is 0 Å². The van der Waals surface area contributed by atoms with E-state index in [2.05, 4.69) is 0 Å². The molecule has 0 saturated carbocycles. The van der Waals surface area contributed by atoms with Crippen molar-refractivity contribution >= 4 is 5.69 Å². The van der Waals surface area contributed by atoms with Crippen LogP contribution in [0.1, 0.15) is 11.1 Å². The standard InChI is InChI=1S/C14H13NO3/c1-10-11(9-16)5-4-7-12(10)13-6-2-3-8-14(13)15(17)18/h2-8,16H,9H2,1H3. The summed E-state index contributed by atoms with van der Waals surface area (Å²) in [6, 6.07) is 12.1. The van der Waals surface area contributed by atoms with Gasteiger partial charge in [0.2, 0.25) is 0 Å². The summed E-state index contributed by atoms with van der Waals surface area (Å²) in [5, 5.41) is 20.3. The summed E-state index contributed by atoms with van der Waals surface area (Å²) in [5.74, 6) is 0. The molecule has 0 aliphatic heterocycles. The van der Waals surface area contributed by atoms with E-state index in [4.69, 9.17) is 0 Å². The third-order valence-corrected chi connectivity index (χ3v) is 3.01. The van der Waals surface area contributed by atoms with E-state index in [9.17, 15) is 15.2 Å². The van der Waals surface area contributed by atoms with Crippen LogP contribution in [0.15, 0.2) is 42.5 Å². The molecule has 0 spiro atoms. The minimum atomic E-state index is -0.388. The van der Waals surface area contributed by atoms with E-state index in [1.165, 1.54) is 6.07 Å². The molecule has 0 heterocycles. The molecule has 2 aromatic carbocycles. The number of aliphatic hydroxyl groups excluding tert-OH is 1. The normalized spacial score (nSPS) is 10.3. The third kappa shape index (κ3) is 2.10. The zero-order chi connectivity index (χ0) is 13.1. The fraction of sp³-hybridized carbons (Fsp3) is 0.143. The maximum Gasteiger partial charge on any atom is 0.277 e. The molecule has 92 valence electrons. The van der Waals surface area contributed by atoms with Crippen LogP contribution in [0, 0.1) is 17.0 Å². The van der Waals surface area contributed by atoms with Crippen molar-refractivity contribution in [3.63, 3.8) is 0 Å². The number of benzene rings is 2. The zero-order valence-corrected chi connectivity index (χ0v) is 9.96. The summed E-state index contributed by atoms with van der Waals surface area (Å²) in [7, 11) is 0. The lowest BCUT2D eigenvalue weighted by atomic mass is 9.95. The summed E-state index contributed by atoms with van der Waals surface area (Å²) in [6.45, 7) is 1.79. The third-order valence-electron chi connectivity index (χ3n) is 3.01. The predicted octanol–water partition coefficient (Wildman–Crippen LogP) is 3.06. The molecular weight excluding hydrogens is 230 g/mol. The van der Waals surface area contributed by atoms with Gasteiger partial charge in [-0.05, 0) is 29.7 Å². The molecule has 2 rings (SSSR count). The SMILES string of the molecule is Cc1c(CO)cccc1-c1ccccc1[N+](=O)[O-]. The van der Waals surface area contributed by atoms with Crippen LogP contribution in [0.2, 0.25) is 0 Å². The van der Waals surface area contributed by atoms with Crippen molar-refractivity contribution < 1.29 is 10.0 Å². The van der Waals surface area contributed by atoms with E-state index in [0.29, 0.717) is 5.56 Å². The van der Waals surface area contributed by atoms with Gasteiger partial charge in [0.1, 0.15) is 0 Å². The number of nitro benzene ring substituents is 1. The number of para-hydroxylation sites is 1. The van der Waals surface area contributed by atoms with Gasteiger partial charge in [-0.15, -0.1) is 0 Å². The van der Waals surface area contributed by atoms with E-state index >= 15 is 0 Å². The highest BCUT2D eigenvalue weighted by molar-refractivity contribution is 5.76. The first-order valence-electron chi connectivity index (χ1n) is 5.58. The molecule has 0 aliphatic rings. The first-order valence-corrected chi connectivity index (χ1v) is 5.58. The maximum atomic E-state index is 11.0. The molecule has 0 aromatic heterocycles. The highest BCUT2D eigenvalue weighted by Crippen LogP contribution is 2.32. The van der Waals surface area contributed by atoms with E-state index in [0.717, 1.165) is 16.7 Å². The summed E-state index contributed by atoms with van der Waals surface area (Å²) in [6.07, 6.45) is 0. The van der Waals surface area contributed by atoms with Gasteiger partial charge < -0.3 is 5.11 Å². The summed E-state index contributed by atoms with van der Waals surface area (Å²) in [4.78, 5) is 10.6. The van der Waals surface area contributed by atoms with Gasteiger partial charge in [-0.25, -0.2) is 0 Å². The Kier molecular flexibility index (Phi) is 3.39. The monoisotopic (exact) mass is 243 g/mol. The lowest BCUT2D eigenvalue weighted by Gasteiger charge is -2.10. The second-order valence-electron chi connectivity index (χ2n) is 4.02. The highest BCUT2D eigenvalue weighted by Gasteiger charge is 2.16. The van der Waals surface area contributed by atoms with Crippen LogP contribution in [0.5, 0.6) is 0 Å². The molecule has 4 heteroatoms. The summed E-state index contributed by atoms with van der Waals surface area (Å²) in [5.41, 5.74) is 3.10. The average molecular weight is 243 g/mol. The molecule has 0 aliphatic carbocycles. The number of aliphatic hydroxyl groups is 1. The van der Waals surface area contributed by atoms with Crippen molar-refractivity contribution in [2.24, 2.45) is 0 Å². The van der Waals surface area contributed by atoms with Crippen LogP contribution in [0.25, 0.3) is 11.1 Å². The fourth-order valence-electron chi connectivity index (χ4n) is 2.01. The second-order valence-corrected chi connectivity index (χ2v) is 4.02. The number of rotatable bonds is 3. The Morgan fingerprint density at radius 2 is 1.78 bits per heavy atom.